The van der Waals surface area contributed by atoms with E-state index in [2.05, 4.69) is 0 Å². The molecule has 0 aliphatic rings. The van der Waals surface area contributed by atoms with Gasteiger partial charge in [0.1, 0.15) is 5.75 Å². The molecule has 0 saturated carbocycles. The average molecular weight is 164 g/mol. The lowest BCUT2D eigenvalue weighted by molar-refractivity contribution is 0.350. The summed E-state index contributed by atoms with van der Waals surface area (Å²) in [6.07, 6.45) is 1.83. The van der Waals surface area contributed by atoms with Crippen molar-refractivity contribution in [3.8, 4) is 5.75 Å². The van der Waals surface area contributed by atoms with Gasteiger partial charge >= 0.3 is 0 Å². The van der Waals surface area contributed by atoms with Gasteiger partial charge in [0.15, 0.2) is 0 Å². The Bertz CT molecular complexity index is 290. The van der Waals surface area contributed by atoms with Crippen molar-refractivity contribution in [2.45, 2.75) is 6.92 Å². The first kappa shape index (κ1) is 8.81. The molecule has 64 valence electrons. The number of allylic oxidation sites excluding steroid dienone is 1. The molecular weight excluding hydrogens is 152 g/mol. The summed E-state index contributed by atoms with van der Waals surface area (Å²) in [7, 11) is 0. The van der Waals surface area contributed by atoms with Gasteiger partial charge in [-0.1, -0.05) is 18.2 Å². The maximum absolute atomic E-state index is 9.14. The van der Waals surface area contributed by atoms with Crippen molar-refractivity contribution >= 4 is 5.57 Å². The second kappa shape index (κ2) is 3.93. The fourth-order valence-electron chi connectivity index (χ4n) is 1.05. The van der Waals surface area contributed by atoms with Crippen LogP contribution in [0.4, 0.5) is 0 Å². The fourth-order valence-corrected chi connectivity index (χ4v) is 1.05. The molecule has 1 aromatic rings. The lowest BCUT2D eigenvalue weighted by Gasteiger charge is -2.03. The second-order valence-corrected chi connectivity index (χ2v) is 2.52. The van der Waals surface area contributed by atoms with Crippen molar-refractivity contribution in [1.82, 2.24) is 0 Å². The zero-order chi connectivity index (χ0) is 8.97. The van der Waals surface area contributed by atoms with Gasteiger partial charge in [0.2, 0.25) is 0 Å². The van der Waals surface area contributed by atoms with Gasteiger partial charge in [-0.05, 0) is 30.2 Å². The number of phenolic OH excluding ortho intramolecular Hbond substituents is 1. The first-order valence-corrected chi connectivity index (χ1v) is 3.83. The minimum absolute atomic E-state index is 0.0000463. The topological polar surface area (TPSA) is 40.5 Å². The van der Waals surface area contributed by atoms with Crippen molar-refractivity contribution in [1.29, 1.82) is 0 Å². The van der Waals surface area contributed by atoms with Crippen molar-refractivity contribution in [3.05, 3.63) is 35.9 Å². The Kier molecular flexibility index (Phi) is 2.88. The molecule has 0 amide bonds. The van der Waals surface area contributed by atoms with Gasteiger partial charge in [0, 0.05) is 0 Å². The third-order valence-electron chi connectivity index (χ3n) is 1.74. The first-order chi connectivity index (χ1) is 5.77. The highest BCUT2D eigenvalue weighted by atomic mass is 16.3. The quantitative estimate of drug-likeness (QED) is 0.699. The van der Waals surface area contributed by atoms with Gasteiger partial charge in [-0.25, -0.2) is 0 Å². The monoisotopic (exact) mass is 164 g/mol. The van der Waals surface area contributed by atoms with E-state index in [0.29, 0.717) is 0 Å². The van der Waals surface area contributed by atoms with Crippen LogP contribution in [0.3, 0.4) is 0 Å². The summed E-state index contributed by atoms with van der Waals surface area (Å²) in [6.45, 7) is 1.86. The third-order valence-corrected chi connectivity index (χ3v) is 1.74. The van der Waals surface area contributed by atoms with E-state index in [9.17, 15) is 0 Å². The zero-order valence-electron chi connectivity index (χ0n) is 6.99. The Hall–Kier alpha value is -1.28. The SMILES string of the molecule is C/C=C(/CO)c1cccc(O)c1. The molecule has 0 bridgehead atoms. The maximum atomic E-state index is 9.14. The minimum Gasteiger partial charge on any atom is -0.508 e. The van der Waals surface area contributed by atoms with Crippen LogP contribution < -0.4 is 0 Å². The summed E-state index contributed by atoms with van der Waals surface area (Å²) in [5.41, 5.74) is 1.69. The van der Waals surface area contributed by atoms with Crippen LogP contribution >= 0.6 is 0 Å². The molecule has 0 atom stereocenters. The van der Waals surface area contributed by atoms with Crippen molar-refractivity contribution in [2.75, 3.05) is 6.61 Å². The van der Waals surface area contributed by atoms with E-state index in [1.165, 1.54) is 0 Å². The molecule has 0 aliphatic heterocycles. The molecule has 2 nitrogen and oxygen atoms in total. The standard InChI is InChI=1S/C10H12O2/c1-2-8(7-11)9-4-3-5-10(12)6-9/h2-6,11-12H,7H2,1H3/b8-2-. The first-order valence-electron chi connectivity index (χ1n) is 3.83. The summed E-state index contributed by atoms with van der Waals surface area (Å²) < 4.78 is 0. The van der Waals surface area contributed by atoms with Crippen LogP contribution in [-0.2, 0) is 0 Å². The molecule has 0 saturated heterocycles. The van der Waals surface area contributed by atoms with Gasteiger partial charge in [0.05, 0.1) is 6.61 Å². The Labute approximate surface area is 71.8 Å². The maximum Gasteiger partial charge on any atom is 0.116 e. The van der Waals surface area contributed by atoms with Crippen LogP contribution in [0.2, 0.25) is 0 Å². The van der Waals surface area contributed by atoms with E-state index in [-0.39, 0.29) is 12.4 Å². The van der Waals surface area contributed by atoms with E-state index < -0.39 is 0 Å². The molecule has 2 heteroatoms. The number of hydrogen-bond acceptors (Lipinski definition) is 2. The van der Waals surface area contributed by atoms with Crippen molar-refractivity contribution in [3.63, 3.8) is 0 Å². The van der Waals surface area contributed by atoms with Gasteiger partial charge in [-0.15, -0.1) is 0 Å². The highest BCUT2D eigenvalue weighted by Crippen LogP contribution is 2.18. The van der Waals surface area contributed by atoms with Crippen LogP contribution in [-0.4, -0.2) is 16.8 Å². The van der Waals surface area contributed by atoms with E-state index >= 15 is 0 Å². The Morgan fingerprint density at radius 3 is 2.75 bits per heavy atom. The lowest BCUT2D eigenvalue weighted by atomic mass is 10.1. The van der Waals surface area contributed by atoms with Crippen LogP contribution in [0.5, 0.6) is 5.75 Å². The van der Waals surface area contributed by atoms with Crippen LogP contribution in [0, 0.1) is 0 Å². The molecule has 1 aromatic carbocycles. The molecule has 1 rings (SSSR count). The molecule has 0 fully saturated rings. The molecule has 0 radical (unpaired) electrons. The highest BCUT2D eigenvalue weighted by molar-refractivity contribution is 5.66. The Balaban J connectivity index is 3.02. The predicted molar refractivity (Wildman–Crippen MR) is 48.8 cm³/mol. The van der Waals surface area contributed by atoms with Gasteiger partial charge in [0.25, 0.3) is 0 Å². The zero-order valence-corrected chi connectivity index (χ0v) is 6.99. The van der Waals surface area contributed by atoms with Crippen LogP contribution in [0.1, 0.15) is 12.5 Å². The van der Waals surface area contributed by atoms with Crippen LogP contribution in [0.25, 0.3) is 5.57 Å². The minimum atomic E-state index is -0.0000463. The average Bonchev–Trinajstić information content (AvgIpc) is 2.07. The molecule has 0 aliphatic carbocycles. The van der Waals surface area contributed by atoms with E-state index in [4.69, 9.17) is 10.2 Å². The molecule has 0 heterocycles. The molecular formula is C10H12O2. The number of aromatic hydroxyl groups is 1. The second-order valence-electron chi connectivity index (χ2n) is 2.52. The predicted octanol–water partition coefficient (Wildman–Crippen LogP) is 1.79. The van der Waals surface area contributed by atoms with E-state index in [0.717, 1.165) is 11.1 Å². The molecule has 12 heavy (non-hydrogen) atoms. The molecule has 0 spiro atoms. The highest BCUT2D eigenvalue weighted by Gasteiger charge is 1.98. The lowest BCUT2D eigenvalue weighted by Crippen LogP contribution is -1.88. The number of phenols is 1. The van der Waals surface area contributed by atoms with Gasteiger partial charge in [-0.3, -0.25) is 0 Å². The van der Waals surface area contributed by atoms with E-state index in [1.54, 1.807) is 18.2 Å². The summed E-state index contributed by atoms with van der Waals surface area (Å²) in [6, 6.07) is 6.84. The summed E-state index contributed by atoms with van der Waals surface area (Å²) in [4.78, 5) is 0. The van der Waals surface area contributed by atoms with Gasteiger partial charge in [-0.2, -0.15) is 0 Å². The summed E-state index contributed by atoms with van der Waals surface area (Å²) >= 11 is 0. The number of hydrogen-bond donors (Lipinski definition) is 2. The third kappa shape index (κ3) is 1.86. The van der Waals surface area contributed by atoms with Gasteiger partial charge < -0.3 is 10.2 Å². The normalized spacial score (nSPS) is 11.7. The largest absolute Gasteiger partial charge is 0.508 e. The molecule has 0 unspecified atom stereocenters. The van der Waals surface area contributed by atoms with Crippen LogP contribution in [0.15, 0.2) is 30.3 Å². The number of aliphatic hydroxyl groups excluding tert-OH is 1. The summed E-state index contributed by atoms with van der Waals surface area (Å²) in [5, 5.41) is 18.1. The van der Waals surface area contributed by atoms with Crippen molar-refractivity contribution in [2.24, 2.45) is 0 Å². The van der Waals surface area contributed by atoms with Crippen molar-refractivity contribution < 1.29 is 10.2 Å². The Morgan fingerprint density at radius 1 is 1.50 bits per heavy atom. The summed E-state index contributed by atoms with van der Waals surface area (Å²) in [5.74, 6) is 0.223. The number of aliphatic hydroxyl groups is 1. The fraction of sp³-hybridized carbons (Fsp3) is 0.200. The number of rotatable bonds is 2. The smallest absolute Gasteiger partial charge is 0.116 e. The van der Waals surface area contributed by atoms with E-state index in [1.807, 2.05) is 19.1 Å². The number of benzene rings is 1. The molecule has 0 aromatic heterocycles. The molecule has 2 N–H and O–H groups in total. The Morgan fingerprint density at radius 2 is 2.25 bits per heavy atom.